The van der Waals surface area contributed by atoms with Gasteiger partial charge in [0.25, 0.3) is 0 Å². The Morgan fingerprint density at radius 2 is 1.83 bits per heavy atom. The maximum Gasteiger partial charge on any atom is 0.0406 e. The first-order valence-electron chi connectivity index (χ1n) is 5.83. The highest BCUT2D eigenvalue weighted by atomic mass is 127. The molecule has 1 unspecified atom stereocenters. The monoisotopic (exact) mass is 371 g/mol. The standard InChI is InChI=1S/C15H15ClIN/c1-10-3-2-4-13(15(10)17)14(18)9-11-5-7-12(16)8-6-11/h2-8,14H,9,18H2,1H3. The minimum absolute atomic E-state index is 0.0259. The van der Waals surface area contributed by atoms with Crippen LogP contribution in [0.25, 0.3) is 0 Å². The molecule has 0 saturated carbocycles. The fourth-order valence-corrected chi connectivity index (χ4v) is 2.83. The quantitative estimate of drug-likeness (QED) is 0.790. The molecule has 3 heteroatoms. The van der Waals surface area contributed by atoms with Gasteiger partial charge in [-0.05, 0) is 64.8 Å². The SMILES string of the molecule is Cc1cccc(C(N)Cc2ccc(Cl)cc2)c1I. The van der Waals surface area contributed by atoms with E-state index in [1.807, 2.05) is 24.3 Å². The minimum atomic E-state index is 0.0259. The van der Waals surface area contributed by atoms with Crippen molar-refractivity contribution in [3.05, 3.63) is 67.7 Å². The van der Waals surface area contributed by atoms with Crippen molar-refractivity contribution in [2.24, 2.45) is 5.73 Å². The molecule has 2 N–H and O–H groups in total. The minimum Gasteiger partial charge on any atom is -0.324 e. The Balaban J connectivity index is 2.19. The molecular weight excluding hydrogens is 357 g/mol. The summed E-state index contributed by atoms with van der Waals surface area (Å²) in [5.41, 5.74) is 10.0. The lowest BCUT2D eigenvalue weighted by Crippen LogP contribution is -2.15. The van der Waals surface area contributed by atoms with Gasteiger partial charge in [0.1, 0.15) is 0 Å². The topological polar surface area (TPSA) is 26.0 Å². The van der Waals surface area contributed by atoms with Gasteiger partial charge in [-0.2, -0.15) is 0 Å². The van der Waals surface area contributed by atoms with Crippen LogP contribution in [0.3, 0.4) is 0 Å². The average molecular weight is 372 g/mol. The number of hydrogen-bond donors (Lipinski definition) is 1. The van der Waals surface area contributed by atoms with Gasteiger partial charge in [0.05, 0.1) is 0 Å². The van der Waals surface area contributed by atoms with E-state index in [0.717, 1.165) is 11.4 Å². The van der Waals surface area contributed by atoms with Crippen molar-refractivity contribution in [2.75, 3.05) is 0 Å². The van der Waals surface area contributed by atoms with E-state index in [9.17, 15) is 0 Å². The molecule has 18 heavy (non-hydrogen) atoms. The normalized spacial score (nSPS) is 12.4. The van der Waals surface area contributed by atoms with Gasteiger partial charge in [-0.15, -0.1) is 0 Å². The highest BCUT2D eigenvalue weighted by Gasteiger charge is 2.11. The van der Waals surface area contributed by atoms with Crippen molar-refractivity contribution in [3.63, 3.8) is 0 Å². The molecule has 1 atom stereocenters. The van der Waals surface area contributed by atoms with Crippen molar-refractivity contribution < 1.29 is 0 Å². The number of rotatable bonds is 3. The van der Waals surface area contributed by atoms with Gasteiger partial charge >= 0.3 is 0 Å². The highest BCUT2D eigenvalue weighted by molar-refractivity contribution is 14.1. The van der Waals surface area contributed by atoms with Crippen molar-refractivity contribution in [1.29, 1.82) is 0 Å². The predicted molar refractivity (Wildman–Crippen MR) is 86.0 cm³/mol. The van der Waals surface area contributed by atoms with Gasteiger partial charge in [-0.25, -0.2) is 0 Å². The third-order valence-electron chi connectivity index (χ3n) is 2.99. The van der Waals surface area contributed by atoms with Crippen LogP contribution in [0.1, 0.15) is 22.7 Å². The summed E-state index contributed by atoms with van der Waals surface area (Å²) >= 11 is 8.25. The maximum absolute atomic E-state index is 6.30. The van der Waals surface area contributed by atoms with Crippen LogP contribution in [0, 0.1) is 10.5 Å². The first-order valence-corrected chi connectivity index (χ1v) is 7.28. The van der Waals surface area contributed by atoms with Crippen molar-refractivity contribution in [3.8, 4) is 0 Å². The second-order valence-corrected chi connectivity index (χ2v) is 5.93. The van der Waals surface area contributed by atoms with Crippen LogP contribution in [0.4, 0.5) is 0 Å². The number of hydrogen-bond acceptors (Lipinski definition) is 1. The van der Waals surface area contributed by atoms with E-state index >= 15 is 0 Å². The molecule has 0 spiro atoms. The van der Waals surface area contributed by atoms with Gasteiger partial charge in [0, 0.05) is 14.6 Å². The van der Waals surface area contributed by atoms with E-state index < -0.39 is 0 Å². The molecule has 0 radical (unpaired) electrons. The Morgan fingerprint density at radius 1 is 1.17 bits per heavy atom. The summed E-state index contributed by atoms with van der Waals surface area (Å²) in [6.45, 7) is 2.11. The lowest BCUT2D eigenvalue weighted by molar-refractivity contribution is 0.717. The van der Waals surface area contributed by atoms with Crippen molar-refractivity contribution in [2.45, 2.75) is 19.4 Å². The van der Waals surface area contributed by atoms with E-state index in [4.69, 9.17) is 17.3 Å². The molecular formula is C15H15ClIN. The van der Waals surface area contributed by atoms with Crippen LogP contribution in [0.5, 0.6) is 0 Å². The zero-order valence-electron chi connectivity index (χ0n) is 10.2. The molecule has 0 saturated heterocycles. The summed E-state index contributed by atoms with van der Waals surface area (Å²) in [7, 11) is 0. The molecule has 0 aromatic heterocycles. The Labute approximate surface area is 126 Å². The Hall–Kier alpha value is -0.580. The van der Waals surface area contributed by atoms with Crippen LogP contribution in [-0.2, 0) is 6.42 Å². The van der Waals surface area contributed by atoms with Gasteiger partial charge in [0.15, 0.2) is 0 Å². The van der Waals surface area contributed by atoms with Crippen LogP contribution >= 0.6 is 34.2 Å². The summed E-state index contributed by atoms with van der Waals surface area (Å²) in [5.74, 6) is 0. The summed E-state index contributed by atoms with van der Waals surface area (Å²) in [5, 5.41) is 0.762. The number of nitrogens with two attached hydrogens (primary N) is 1. The first-order chi connectivity index (χ1) is 8.58. The van der Waals surface area contributed by atoms with Crippen LogP contribution < -0.4 is 5.73 Å². The second kappa shape index (κ2) is 6.04. The summed E-state index contributed by atoms with van der Waals surface area (Å²) in [6, 6.07) is 14.2. The van der Waals surface area contributed by atoms with Crippen LogP contribution in [0.2, 0.25) is 5.02 Å². The zero-order chi connectivity index (χ0) is 13.1. The molecule has 2 rings (SSSR count). The van der Waals surface area contributed by atoms with E-state index in [0.29, 0.717) is 0 Å². The van der Waals surface area contributed by atoms with Gasteiger partial charge in [-0.3, -0.25) is 0 Å². The van der Waals surface area contributed by atoms with Crippen LogP contribution in [-0.4, -0.2) is 0 Å². The Kier molecular flexibility index (Phi) is 4.65. The highest BCUT2D eigenvalue weighted by Crippen LogP contribution is 2.24. The lowest BCUT2D eigenvalue weighted by Gasteiger charge is -2.15. The zero-order valence-corrected chi connectivity index (χ0v) is 13.1. The van der Waals surface area contributed by atoms with Crippen LogP contribution in [0.15, 0.2) is 42.5 Å². The molecule has 94 valence electrons. The van der Waals surface area contributed by atoms with E-state index in [-0.39, 0.29) is 6.04 Å². The van der Waals surface area contributed by atoms with E-state index in [1.54, 1.807) is 0 Å². The summed E-state index contributed by atoms with van der Waals surface area (Å²) in [4.78, 5) is 0. The Morgan fingerprint density at radius 3 is 2.50 bits per heavy atom. The van der Waals surface area contributed by atoms with Gasteiger partial charge in [-0.1, -0.05) is 41.9 Å². The Bertz CT molecular complexity index is 537. The molecule has 0 aliphatic rings. The molecule has 0 aliphatic carbocycles. The number of aryl methyl sites for hydroxylation is 1. The van der Waals surface area contributed by atoms with Gasteiger partial charge in [0.2, 0.25) is 0 Å². The van der Waals surface area contributed by atoms with Crippen molar-refractivity contribution >= 4 is 34.2 Å². The summed E-state index contributed by atoms with van der Waals surface area (Å²) < 4.78 is 1.26. The molecule has 0 heterocycles. The van der Waals surface area contributed by atoms with Gasteiger partial charge < -0.3 is 5.73 Å². The average Bonchev–Trinajstić information content (AvgIpc) is 2.35. The third-order valence-corrected chi connectivity index (χ3v) is 4.72. The number of benzene rings is 2. The van der Waals surface area contributed by atoms with E-state index in [2.05, 4.69) is 47.7 Å². The molecule has 2 aromatic carbocycles. The van der Waals surface area contributed by atoms with E-state index in [1.165, 1.54) is 20.3 Å². The summed E-state index contributed by atoms with van der Waals surface area (Å²) in [6.07, 6.45) is 0.830. The van der Waals surface area contributed by atoms with Crippen molar-refractivity contribution in [1.82, 2.24) is 0 Å². The molecule has 2 aromatic rings. The molecule has 0 fully saturated rings. The fourth-order valence-electron chi connectivity index (χ4n) is 1.94. The second-order valence-electron chi connectivity index (χ2n) is 4.42. The predicted octanol–water partition coefficient (Wildman–Crippen LogP) is 4.50. The fraction of sp³-hybridized carbons (Fsp3) is 0.200. The molecule has 0 amide bonds. The first kappa shape index (κ1) is 13.8. The third kappa shape index (κ3) is 3.25. The maximum atomic E-state index is 6.30. The lowest BCUT2D eigenvalue weighted by atomic mass is 9.98. The largest absolute Gasteiger partial charge is 0.324 e. The molecule has 1 nitrogen and oxygen atoms in total. The smallest absolute Gasteiger partial charge is 0.0406 e. The molecule has 0 aliphatic heterocycles. The molecule has 0 bridgehead atoms. The number of halogens is 2.